The maximum Gasteiger partial charge on any atom is 0.342 e. The van der Waals surface area contributed by atoms with Crippen molar-refractivity contribution < 1.29 is 19.1 Å². The highest BCUT2D eigenvalue weighted by molar-refractivity contribution is 5.94. The Kier molecular flexibility index (Phi) is 4.58. The molecule has 110 valence electrons. The molecule has 0 aliphatic rings. The highest BCUT2D eigenvalue weighted by Gasteiger charge is 2.23. The number of hydrogen-bond donors (Lipinski definition) is 0. The summed E-state index contributed by atoms with van der Waals surface area (Å²) in [5.74, 6) is -0.0854. The molecule has 0 fully saturated rings. The van der Waals surface area contributed by atoms with Crippen LogP contribution in [0.3, 0.4) is 0 Å². The van der Waals surface area contributed by atoms with E-state index >= 15 is 0 Å². The molecule has 0 spiro atoms. The van der Waals surface area contributed by atoms with E-state index in [1.807, 2.05) is 20.8 Å². The standard InChI is InChI=1S/C16H22O4/c1-15(2,3)19-13-8-7-11(10-17)9-12(13)14(18)20-16(4,5)6/h7-10H,1-6H3. The molecule has 0 radical (unpaired) electrons. The highest BCUT2D eigenvalue weighted by atomic mass is 16.6. The number of ether oxygens (including phenoxy) is 2. The van der Waals surface area contributed by atoms with Gasteiger partial charge in [-0.3, -0.25) is 4.79 Å². The summed E-state index contributed by atoms with van der Waals surface area (Å²) < 4.78 is 11.1. The van der Waals surface area contributed by atoms with Gasteiger partial charge in [0, 0.05) is 5.56 Å². The van der Waals surface area contributed by atoms with Gasteiger partial charge in [-0.25, -0.2) is 4.79 Å². The zero-order valence-corrected chi connectivity index (χ0v) is 12.9. The Labute approximate surface area is 120 Å². The van der Waals surface area contributed by atoms with Gasteiger partial charge < -0.3 is 9.47 Å². The van der Waals surface area contributed by atoms with Crippen LogP contribution < -0.4 is 4.74 Å². The van der Waals surface area contributed by atoms with Gasteiger partial charge >= 0.3 is 5.97 Å². The van der Waals surface area contributed by atoms with E-state index in [0.29, 0.717) is 17.6 Å². The molecule has 0 aliphatic heterocycles. The summed E-state index contributed by atoms with van der Waals surface area (Å²) in [5, 5.41) is 0. The lowest BCUT2D eigenvalue weighted by Crippen LogP contribution is -2.27. The third-order valence-electron chi connectivity index (χ3n) is 2.17. The average molecular weight is 278 g/mol. The molecule has 0 saturated carbocycles. The summed E-state index contributed by atoms with van der Waals surface area (Å²) in [5.41, 5.74) is -0.376. The predicted molar refractivity (Wildman–Crippen MR) is 77.4 cm³/mol. The number of hydrogen-bond acceptors (Lipinski definition) is 4. The summed E-state index contributed by atoms with van der Waals surface area (Å²) in [6.07, 6.45) is 0.689. The van der Waals surface area contributed by atoms with E-state index in [-0.39, 0.29) is 5.56 Å². The zero-order chi connectivity index (χ0) is 15.6. The van der Waals surface area contributed by atoms with Crippen LogP contribution in [-0.2, 0) is 4.74 Å². The van der Waals surface area contributed by atoms with Crippen LogP contribution in [0.1, 0.15) is 62.3 Å². The lowest BCUT2D eigenvalue weighted by molar-refractivity contribution is 0.00615. The third kappa shape index (κ3) is 5.03. The number of rotatable bonds is 3. The quantitative estimate of drug-likeness (QED) is 0.626. The van der Waals surface area contributed by atoms with E-state index in [1.54, 1.807) is 32.9 Å². The van der Waals surface area contributed by atoms with Crippen LogP contribution >= 0.6 is 0 Å². The van der Waals surface area contributed by atoms with E-state index in [0.717, 1.165) is 0 Å². The van der Waals surface area contributed by atoms with Crippen molar-refractivity contribution in [3.8, 4) is 5.75 Å². The molecule has 0 amide bonds. The lowest BCUT2D eigenvalue weighted by atomic mass is 10.1. The second kappa shape index (κ2) is 5.65. The highest BCUT2D eigenvalue weighted by Crippen LogP contribution is 2.26. The largest absolute Gasteiger partial charge is 0.487 e. The predicted octanol–water partition coefficient (Wildman–Crippen LogP) is 3.63. The minimum absolute atomic E-state index is 0.263. The van der Waals surface area contributed by atoms with Crippen LogP contribution in [0.15, 0.2) is 18.2 Å². The first-order valence-corrected chi connectivity index (χ1v) is 6.53. The monoisotopic (exact) mass is 278 g/mol. The van der Waals surface area contributed by atoms with Crippen molar-refractivity contribution in [1.29, 1.82) is 0 Å². The Balaban J connectivity index is 3.19. The maximum absolute atomic E-state index is 12.2. The van der Waals surface area contributed by atoms with E-state index in [9.17, 15) is 9.59 Å². The molecule has 0 atom stereocenters. The van der Waals surface area contributed by atoms with Gasteiger partial charge in [0.1, 0.15) is 28.8 Å². The molecule has 1 aromatic carbocycles. The van der Waals surface area contributed by atoms with Crippen molar-refractivity contribution in [3.63, 3.8) is 0 Å². The van der Waals surface area contributed by atoms with Crippen LogP contribution in [0.4, 0.5) is 0 Å². The summed E-state index contributed by atoms with van der Waals surface area (Å²) in [4.78, 5) is 23.1. The normalized spacial score (nSPS) is 11.9. The van der Waals surface area contributed by atoms with Crippen molar-refractivity contribution >= 4 is 12.3 Å². The SMILES string of the molecule is CC(C)(C)OC(=O)c1cc(C=O)ccc1OC(C)(C)C. The van der Waals surface area contributed by atoms with E-state index < -0.39 is 17.2 Å². The molecule has 0 unspecified atom stereocenters. The first-order chi connectivity index (χ1) is 9.02. The molecule has 0 N–H and O–H groups in total. The number of benzene rings is 1. The molecule has 1 rings (SSSR count). The van der Waals surface area contributed by atoms with E-state index in [4.69, 9.17) is 9.47 Å². The lowest BCUT2D eigenvalue weighted by Gasteiger charge is -2.24. The number of carbonyl (C=O) groups excluding carboxylic acids is 2. The Morgan fingerprint density at radius 1 is 1.05 bits per heavy atom. The zero-order valence-electron chi connectivity index (χ0n) is 12.9. The van der Waals surface area contributed by atoms with Gasteiger partial charge in [0.05, 0.1) is 0 Å². The first-order valence-electron chi connectivity index (χ1n) is 6.53. The number of esters is 1. The van der Waals surface area contributed by atoms with Crippen molar-refractivity contribution in [1.82, 2.24) is 0 Å². The molecule has 0 bridgehead atoms. The van der Waals surface area contributed by atoms with Crippen molar-refractivity contribution in [2.75, 3.05) is 0 Å². The van der Waals surface area contributed by atoms with Gasteiger partial charge in [-0.2, -0.15) is 0 Å². The van der Waals surface area contributed by atoms with Gasteiger partial charge in [0.25, 0.3) is 0 Å². The summed E-state index contributed by atoms with van der Waals surface area (Å²) in [7, 11) is 0. The Morgan fingerprint density at radius 2 is 1.65 bits per heavy atom. The average Bonchev–Trinajstić information content (AvgIpc) is 2.25. The molecule has 1 aromatic rings. The molecule has 0 heterocycles. The number of carbonyl (C=O) groups is 2. The van der Waals surface area contributed by atoms with Crippen LogP contribution in [0.25, 0.3) is 0 Å². The second-order valence-corrected chi connectivity index (χ2v) is 6.59. The van der Waals surface area contributed by atoms with Gasteiger partial charge in [-0.05, 0) is 59.7 Å². The third-order valence-corrected chi connectivity index (χ3v) is 2.17. The van der Waals surface area contributed by atoms with Crippen LogP contribution in [0.2, 0.25) is 0 Å². The van der Waals surface area contributed by atoms with Gasteiger partial charge in [0.15, 0.2) is 0 Å². The fourth-order valence-electron chi connectivity index (χ4n) is 1.53. The van der Waals surface area contributed by atoms with Crippen LogP contribution in [-0.4, -0.2) is 23.5 Å². The molecule has 4 nitrogen and oxygen atoms in total. The molecular weight excluding hydrogens is 256 g/mol. The fraction of sp³-hybridized carbons (Fsp3) is 0.500. The summed E-state index contributed by atoms with van der Waals surface area (Å²) in [6, 6.07) is 4.72. The maximum atomic E-state index is 12.2. The Hall–Kier alpha value is -1.84. The Morgan fingerprint density at radius 3 is 2.10 bits per heavy atom. The van der Waals surface area contributed by atoms with Crippen molar-refractivity contribution in [2.45, 2.75) is 52.7 Å². The minimum Gasteiger partial charge on any atom is -0.487 e. The summed E-state index contributed by atoms with van der Waals surface area (Å²) in [6.45, 7) is 11.0. The topological polar surface area (TPSA) is 52.6 Å². The first kappa shape index (κ1) is 16.2. The molecule has 0 aliphatic carbocycles. The van der Waals surface area contributed by atoms with Crippen LogP contribution in [0.5, 0.6) is 5.75 Å². The molecule has 0 saturated heterocycles. The van der Waals surface area contributed by atoms with Gasteiger partial charge in [-0.1, -0.05) is 0 Å². The van der Waals surface area contributed by atoms with E-state index in [1.165, 1.54) is 6.07 Å². The molecule has 20 heavy (non-hydrogen) atoms. The van der Waals surface area contributed by atoms with Crippen molar-refractivity contribution in [2.24, 2.45) is 0 Å². The molecule has 4 heteroatoms. The molecule has 0 aromatic heterocycles. The van der Waals surface area contributed by atoms with E-state index in [2.05, 4.69) is 0 Å². The fourth-order valence-corrected chi connectivity index (χ4v) is 1.53. The summed E-state index contributed by atoms with van der Waals surface area (Å²) >= 11 is 0. The Bertz CT molecular complexity index is 504. The number of aldehydes is 1. The minimum atomic E-state index is -0.604. The smallest absolute Gasteiger partial charge is 0.342 e. The molecular formula is C16H22O4. The van der Waals surface area contributed by atoms with Crippen molar-refractivity contribution in [3.05, 3.63) is 29.3 Å². The van der Waals surface area contributed by atoms with Gasteiger partial charge in [-0.15, -0.1) is 0 Å². The van der Waals surface area contributed by atoms with Gasteiger partial charge in [0.2, 0.25) is 0 Å². The van der Waals surface area contributed by atoms with Crippen LogP contribution in [0, 0.1) is 0 Å². The second-order valence-electron chi connectivity index (χ2n) is 6.59.